The summed E-state index contributed by atoms with van der Waals surface area (Å²) in [7, 11) is 1.22. The van der Waals surface area contributed by atoms with Gasteiger partial charge < -0.3 is 9.47 Å². The van der Waals surface area contributed by atoms with Gasteiger partial charge in [0.2, 0.25) is 3.79 Å². The summed E-state index contributed by atoms with van der Waals surface area (Å²) in [6.45, 7) is 3.52. The molecule has 4 nitrogen and oxygen atoms in total. The van der Waals surface area contributed by atoms with Gasteiger partial charge in [-0.15, -0.1) is 0 Å². The third kappa shape index (κ3) is 1.38. The largest absolute Gasteiger partial charge is 0.468 e. The Labute approximate surface area is 113 Å². The predicted molar refractivity (Wildman–Crippen MR) is 61.9 cm³/mol. The second-order valence-corrected chi connectivity index (χ2v) is 7.24. The maximum atomic E-state index is 11.9. The van der Waals surface area contributed by atoms with Gasteiger partial charge in [0.05, 0.1) is 7.11 Å². The van der Waals surface area contributed by atoms with Crippen LogP contribution in [-0.2, 0) is 19.1 Å². The van der Waals surface area contributed by atoms with Crippen molar-refractivity contribution in [2.75, 3.05) is 7.11 Å². The lowest BCUT2D eigenvalue weighted by atomic mass is 9.96. The van der Waals surface area contributed by atoms with Gasteiger partial charge >= 0.3 is 11.9 Å². The molecule has 0 aromatic carbocycles. The molecular weight excluding hydrogens is 290 g/mol. The van der Waals surface area contributed by atoms with Gasteiger partial charge in [-0.05, 0) is 0 Å². The lowest BCUT2D eigenvalue weighted by molar-refractivity contribution is -0.162. The number of methoxy groups -OCH3 is 1. The van der Waals surface area contributed by atoms with Gasteiger partial charge in [0.15, 0.2) is 11.5 Å². The molecule has 2 fully saturated rings. The molecular formula is C10H11Cl3O4. The van der Waals surface area contributed by atoms with Crippen LogP contribution in [0, 0.1) is 16.7 Å². The van der Waals surface area contributed by atoms with E-state index < -0.39 is 38.6 Å². The number of hydrogen-bond donors (Lipinski definition) is 0. The van der Waals surface area contributed by atoms with E-state index in [1.165, 1.54) is 7.11 Å². The fourth-order valence-electron chi connectivity index (χ4n) is 2.97. The number of ether oxygens (including phenoxy) is 2. The number of halogens is 3. The van der Waals surface area contributed by atoms with Crippen molar-refractivity contribution in [1.82, 2.24) is 0 Å². The van der Waals surface area contributed by atoms with Crippen LogP contribution in [-0.4, -0.2) is 28.9 Å². The smallest absolute Gasteiger partial charge is 0.324 e. The van der Waals surface area contributed by atoms with Crippen molar-refractivity contribution in [2.24, 2.45) is 16.7 Å². The molecule has 3 atom stereocenters. The van der Waals surface area contributed by atoms with Gasteiger partial charge in [0.25, 0.3) is 0 Å². The van der Waals surface area contributed by atoms with E-state index in [2.05, 4.69) is 4.74 Å². The number of alkyl halides is 3. The van der Waals surface area contributed by atoms with E-state index in [9.17, 15) is 9.59 Å². The van der Waals surface area contributed by atoms with Crippen molar-refractivity contribution in [1.29, 1.82) is 0 Å². The number of fused-ring (bicyclic) bond motifs is 1. The average molecular weight is 302 g/mol. The molecule has 0 aromatic heterocycles. The minimum Gasteiger partial charge on any atom is -0.468 e. The minimum atomic E-state index is -1.75. The molecule has 1 aliphatic heterocycles. The number of carbonyl (C=O) groups excluding carboxylic acids is 2. The Morgan fingerprint density at radius 3 is 2.29 bits per heavy atom. The summed E-state index contributed by atoms with van der Waals surface area (Å²) in [5, 5.41) is 0. The number of cyclic esters (lactones) is 1. The number of hydrogen-bond acceptors (Lipinski definition) is 4. The number of esters is 2. The molecule has 1 aliphatic carbocycles. The third-order valence-electron chi connectivity index (χ3n) is 3.87. The van der Waals surface area contributed by atoms with E-state index in [1.54, 1.807) is 13.8 Å². The first kappa shape index (κ1) is 13.2. The van der Waals surface area contributed by atoms with Crippen LogP contribution < -0.4 is 0 Å². The molecule has 0 bridgehead atoms. The molecule has 96 valence electrons. The molecule has 0 radical (unpaired) electrons. The maximum absolute atomic E-state index is 11.9. The van der Waals surface area contributed by atoms with Gasteiger partial charge in [-0.2, -0.15) is 0 Å². The number of rotatable bonds is 1. The van der Waals surface area contributed by atoms with Crippen molar-refractivity contribution < 1.29 is 19.1 Å². The van der Waals surface area contributed by atoms with E-state index in [-0.39, 0.29) is 0 Å². The molecule has 0 amide bonds. The van der Waals surface area contributed by atoms with Gasteiger partial charge in [0.1, 0.15) is 0 Å². The SMILES string of the molecule is COC(=O)[C@]12C(=O)O[C@@H](C(Cl)(Cl)Cl)[C@H]1C2(C)C. The van der Waals surface area contributed by atoms with E-state index in [4.69, 9.17) is 39.5 Å². The maximum Gasteiger partial charge on any atom is 0.324 e. The van der Waals surface area contributed by atoms with Crippen LogP contribution in [0.25, 0.3) is 0 Å². The molecule has 0 spiro atoms. The average Bonchev–Trinajstić information content (AvgIpc) is 2.52. The lowest BCUT2D eigenvalue weighted by Gasteiger charge is -2.24. The zero-order valence-electron chi connectivity index (χ0n) is 9.42. The van der Waals surface area contributed by atoms with Crippen molar-refractivity contribution in [3.8, 4) is 0 Å². The summed E-state index contributed by atoms with van der Waals surface area (Å²) < 4.78 is 7.94. The number of carbonyl (C=O) groups is 2. The molecule has 17 heavy (non-hydrogen) atoms. The zero-order chi connectivity index (χ0) is 13.2. The predicted octanol–water partition coefficient (Wildman–Crippen LogP) is 2.10. The van der Waals surface area contributed by atoms with Gasteiger partial charge in [0, 0.05) is 11.3 Å². The van der Waals surface area contributed by atoms with Gasteiger partial charge in [-0.1, -0.05) is 48.7 Å². The van der Waals surface area contributed by atoms with Crippen molar-refractivity contribution in [3.63, 3.8) is 0 Å². The summed E-state index contributed by atoms with van der Waals surface area (Å²) in [6, 6.07) is 0. The normalized spacial score (nSPS) is 38.4. The Kier molecular flexibility index (Phi) is 2.67. The lowest BCUT2D eigenvalue weighted by Crippen LogP contribution is -2.34. The molecule has 0 N–H and O–H groups in total. The molecule has 0 aromatic rings. The Hall–Kier alpha value is -0.190. The molecule has 2 rings (SSSR count). The topological polar surface area (TPSA) is 52.6 Å². The van der Waals surface area contributed by atoms with Crippen LogP contribution in [0.4, 0.5) is 0 Å². The van der Waals surface area contributed by atoms with E-state index in [0.717, 1.165) is 0 Å². The van der Waals surface area contributed by atoms with E-state index in [0.29, 0.717) is 0 Å². The Morgan fingerprint density at radius 2 is 1.94 bits per heavy atom. The minimum absolute atomic E-state index is 0.470. The molecule has 0 unspecified atom stereocenters. The molecule has 1 saturated carbocycles. The van der Waals surface area contributed by atoms with Gasteiger partial charge in [-0.3, -0.25) is 9.59 Å². The van der Waals surface area contributed by atoms with Crippen molar-refractivity contribution >= 4 is 46.7 Å². The highest BCUT2D eigenvalue weighted by molar-refractivity contribution is 6.68. The molecule has 1 saturated heterocycles. The highest BCUT2D eigenvalue weighted by Crippen LogP contribution is 2.76. The van der Waals surface area contributed by atoms with E-state index in [1.807, 2.05) is 0 Å². The van der Waals surface area contributed by atoms with Crippen LogP contribution in [0.2, 0.25) is 0 Å². The van der Waals surface area contributed by atoms with Crippen LogP contribution in [0.3, 0.4) is 0 Å². The first-order valence-corrected chi connectivity index (χ1v) is 6.11. The highest BCUT2D eigenvalue weighted by Gasteiger charge is 2.89. The quantitative estimate of drug-likeness (QED) is 0.423. The Balaban J connectivity index is 2.44. The van der Waals surface area contributed by atoms with Crippen molar-refractivity contribution in [2.45, 2.75) is 23.7 Å². The van der Waals surface area contributed by atoms with Crippen LogP contribution in [0.5, 0.6) is 0 Å². The fourth-order valence-corrected chi connectivity index (χ4v) is 3.48. The first-order chi connectivity index (χ1) is 7.61. The Bertz CT molecular complexity index is 401. The summed E-state index contributed by atoms with van der Waals surface area (Å²) >= 11 is 17.3. The Morgan fingerprint density at radius 1 is 1.41 bits per heavy atom. The second-order valence-electron chi connectivity index (χ2n) is 4.87. The first-order valence-electron chi connectivity index (χ1n) is 4.98. The molecule has 1 heterocycles. The highest BCUT2D eigenvalue weighted by atomic mass is 35.6. The monoisotopic (exact) mass is 300 g/mol. The summed E-state index contributed by atoms with van der Waals surface area (Å²) in [4.78, 5) is 23.7. The van der Waals surface area contributed by atoms with Crippen LogP contribution in [0.1, 0.15) is 13.8 Å². The summed E-state index contributed by atoms with van der Waals surface area (Å²) in [6.07, 6.45) is -0.922. The van der Waals surface area contributed by atoms with Crippen molar-refractivity contribution in [3.05, 3.63) is 0 Å². The van der Waals surface area contributed by atoms with E-state index >= 15 is 0 Å². The molecule has 7 heteroatoms. The standard InChI is InChI=1S/C10H11Cl3O4/c1-8(2)4-5(10(11,12)13)17-7(15)9(4,8)6(14)16-3/h4-5H,1-3H3/t4-,5+,9-/m0/s1. The van der Waals surface area contributed by atoms with Crippen LogP contribution >= 0.6 is 34.8 Å². The summed E-state index contributed by atoms with van der Waals surface area (Å²) in [5.74, 6) is -1.77. The fraction of sp³-hybridized carbons (Fsp3) is 0.800. The van der Waals surface area contributed by atoms with Gasteiger partial charge in [-0.25, -0.2) is 0 Å². The third-order valence-corrected chi connectivity index (χ3v) is 4.51. The summed E-state index contributed by atoms with van der Waals surface area (Å²) in [5.41, 5.74) is -1.94. The second kappa shape index (κ2) is 3.43. The molecule has 2 aliphatic rings. The van der Waals surface area contributed by atoms with Crippen LogP contribution in [0.15, 0.2) is 0 Å². The zero-order valence-corrected chi connectivity index (χ0v) is 11.7.